The van der Waals surface area contributed by atoms with E-state index < -0.39 is 0 Å². The van der Waals surface area contributed by atoms with Gasteiger partial charge in [0.1, 0.15) is 0 Å². The van der Waals surface area contributed by atoms with E-state index in [1.165, 1.54) is 13.0 Å². The first kappa shape index (κ1) is 8.44. The molecular formula is C8H18N4. The monoisotopic (exact) mass is 170 g/mol. The summed E-state index contributed by atoms with van der Waals surface area (Å²) in [6.45, 7) is 6.89. The molecule has 4 nitrogen and oxygen atoms in total. The van der Waals surface area contributed by atoms with Gasteiger partial charge in [-0.25, -0.2) is 10.9 Å². The fourth-order valence-electron chi connectivity index (χ4n) is 1.99. The Morgan fingerprint density at radius 1 is 1.25 bits per heavy atom. The van der Waals surface area contributed by atoms with Gasteiger partial charge >= 0.3 is 0 Å². The summed E-state index contributed by atoms with van der Waals surface area (Å²) in [7, 11) is 0. The van der Waals surface area contributed by atoms with Gasteiger partial charge in [0.05, 0.1) is 6.04 Å². The van der Waals surface area contributed by atoms with E-state index in [4.69, 9.17) is 0 Å². The molecule has 0 saturated carbocycles. The van der Waals surface area contributed by atoms with Gasteiger partial charge in [-0.15, -0.1) is 0 Å². The highest BCUT2D eigenvalue weighted by atomic mass is 15.7. The zero-order chi connectivity index (χ0) is 8.55. The molecule has 2 aliphatic heterocycles. The first-order valence-electron chi connectivity index (χ1n) is 4.77. The molecule has 0 amide bonds. The molecule has 0 aromatic carbocycles. The average Bonchev–Trinajstić information content (AvgIpc) is 2.49. The van der Waals surface area contributed by atoms with Crippen molar-refractivity contribution in [2.45, 2.75) is 38.4 Å². The lowest BCUT2D eigenvalue weighted by Gasteiger charge is -2.36. The van der Waals surface area contributed by atoms with Crippen LogP contribution in [0.1, 0.15) is 20.3 Å². The second kappa shape index (κ2) is 3.30. The van der Waals surface area contributed by atoms with E-state index in [1.807, 2.05) is 0 Å². The van der Waals surface area contributed by atoms with Crippen LogP contribution in [0.3, 0.4) is 0 Å². The van der Waals surface area contributed by atoms with E-state index in [0.717, 1.165) is 6.54 Å². The number of rotatable bonds is 1. The molecule has 2 atom stereocenters. The third-order valence-corrected chi connectivity index (χ3v) is 2.89. The number of fused-ring (bicyclic) bond motifs is 1. The van der Waals surface area contributed by atoms with Crippen molar-refractivity contribution < 1.29 is 0 Å². The summed E-state index contributed by atoms with van der Waals surface area (Å²) in [6, 6.07) is 1.88. The van der Waals surface area contributed by atoms with Crippen LogP contribution in [-0.4, -0.2) is 36.1 Å². The van der Waals surface area contributed by atoms with Gasteiger partial charge in [0.25, 0.3) is 0 Å². The van der Waals surface area contributed by atoms with E-state index in [0.29, 0.717) is 18.1 Å². The maximum Gasteiger partial charge on any atom is 0.0521 e. The van der Waals surface area contributed by atoms with Crippen LogP contribution >= 0.6 is 0 Å². The molecule has 0 bridgehead atoms. The molecule has 2 heterocycles. The summed E-state index contributed by atoms with van der Waals surface area (Å²) >= 11 is 0. The van der Waals surface area contributed by atoms with Crippen molar-refractivity contribution >= 4 is 0 Å². The lowest BCUT2D eigenvalue weighted by Crippen LogP contribution is -2.52. The first-order chi connectivity index (χ1) is 5.77. The number of hydrazine groups is 2. The predicted molar refractivity (Wildman–Crippen MR) is 48.3 cm³/mol. The third kappa shape index (κ3) is 1.47. The Kier molecular flexibility index (Phi) is 2.32. The number of nitrogens with zero attached hydrogens (tertiary/aromatic N) is 1. The summed E-state index contributed by atoms with van der Waals surface area (Å²) in [6.07, 6.45) is 1.24. The molecule has 4 heteroatoms. The summed E-state index contributed by atoms with van der Waals surface area (Å²) in [4.78, 5) is 2.52. The van der Waals surface area contributed by atoms with Gasteiger partial charge in [-0.3, -0.25) is 4.90 Å². The molecule has 0 aliphatic carbocycles. The van der Waals surface area contributed by atoms with Crippen LogP contribution in [0.4, 0.5) is 0 Å². The lowest BCUT2D eigenvalue weighted by molar-refractivity contribution is 0.152. The van der Waals surface area contributed by atoms with Crippen LogP contribution in [0.2, 0.25) is 0 Å². The molecule has 0 aromatic rings. The Morgan fingerprint density at radius 3 is 2.75 bits per heavy atom. The standard InChI is InChI=1S/C8H18N4/c1-6(2)12-4-3-7-8(5-12)10-11-9-7/h6-11H,3-5H2,1-2H3. The van der Waals surface area contributed by atoms with Crippen LogP contribution in [0.25, 0.3) is 0 Å². The van der Waals surface area contributed by atoms with Crippen molar-refractivity contribution in [3.05, 3.63) is 0 Å². The van der Waals surface area contributed by atoms with Gasteiger partial charge in [0.2, 0.25) is 0 Å². The molecule has 2 rings (SSSR count). The quantitative estimate of drug-likeness (QED) is 0.494. The minimum absolute atomic E-state index is 0.584. The zero-order valence-corrected chi connectivity index (χ0v) is 7.80. The highest BCUT2D eigenvalue weighted by Gasteiger charge is 2.33. The molecule has 0 spiro atoms. The molecule has 3 N–H and O–H groups in total. The summed E-state index contributed by atoms with van der Waals surface area (Å²) in [5, 5.41) is 0. The molecule has 2 saturated heterocycles. The second-order valence-electron chi connectivity index (χ2n) is 4.00. The van der Waals surface area contributed by atoms with Gasteiger partial charge in [-0.05, 0) is 20.3 Å². The molecule has 0 aromatic heterocycles. The van der Waals surface area contributed by atoms with Crippen molar-refractivity contribution in [3.63, 3.8) is 0 Å². The third-order valence-electron chi connectivity index (χ3n) is 2.89. The second-order valence-corrected chi connectivity index (χ2v) is 4.00. The molecule has 70 valence electrons. The molecule has 12 heavy (non-hydrogen) atoms. The van der Waals surface area contributed by atoms with E-state index >= 15 is 0 Å². The van der Waals surface area contributed by atoms with Gasteiger partial charge in [0.15, 0.2) is 0 Å². The SMILES string of the molecule is CC(C)N1CCC2NNNC2C1. The van der Waals surface area contributed by atoms with E-state index in [-0.39, 0.29) is 0 Å². The van der Waals surface area contributed by atoms with Gasteiger partial charge in [-0.1, -0.05) is 0 Å². The normalized spacial score (nSPS) is 37.2. The van der Waals surface area contributed by atoms with Crippen LogP contribution < -0.4 is 16.4 Å². The largest absolute Gasteiger partial charge is 0.299 e. The van der Waals surface area contributed by atoms with E-state index in [9.17, 15) is 0 Å². The lowest BCUT2D eigenvalue weighted by atomic mass is 10.0. The number of likely N-dealkylation sites (tertiary alicyclic amines) is 1. The topological polar surface area (TPSA) is 39.3 Å². The Morgan fingerprint density at radius 2 is 2.00 bits per heavy atom. The van der Waals surface area contributed by atoms with Crippen LogP contribution in [-0.2, 0) is 0 Å². The molecule has 2 fully saturated rings. The Labute approximate surface area is 73.6 Å². The number of hydrogen-bond donors (Lipinski definition) is 3. The van der Waals surface area contributed by atoms with Crippen LogP contribution in [0.15, 0.2) is 0 Å². The van der Waals surface area contributed by atoms with Crippen molar-refractivity contribution in [3.8, 4) is 0 Å². The smallest absolute Gasteiger partial charge is 0.0521 e. The summed E-state index contributed by atoms with van der Waals surface area (Å²) in [5.41, 5.74) is 9.47. The minimum atomic E-state index is 0.584. The molecule has 2 aliphatic rings. The minimum Gasteiger partial charge on any atom is -0.299 e. The number of nitrogens with one attached hydrogen (secondary N) is 3. The molecule has 2 unspecified atom stereocenters. The molecular weight excluding hydrogens is 152 g/mol. The Bertz CT molecular complexity index is 159. The fourth-order valence-corrected chi connectivity index (χ4v) is 1.99. The fraction of sp³-hybridized carbons (Fsp3) is 1.00. The Hall–Kier alpha value is -0.160. The molecule has 0 radical (unpaired) electrons. The van der Waals surface area contributed by atoms with Crippen LogP contribution in [0, 0.1) is 0 Å². The zero-order valence-electron chi connectivity index (χ0n) is 7.80. The maximum absolute atomic E-state index is 3.24. The maximum atomic E-state index is 3.24. The van der Waals surface area contributed by atoms with E-state index in [1.54, 1.807) is 0 Å². The number of hydrogen-bond acceptors (Lipinski definition) is 4. The van der Waals surface area contributed by atoms with Gasteiger partial charge in [-0.2, -0.15) is 5.53 Å². The highest BCUT2D eigenvalue weighted by Crippen LogP contribution is 2.14. The Balaban J connectivity index is 1.92. The van der Waals surface area contributed by atoms with Gasteiger partial charge in [0, 0.05) is 25.2 Å². The highest BCUT2D eigenvalue weighted by molar-refractivity contribution is 4.92. The van der Waals surface area contributed by atoms with Gasteiger partial charge < -0.3 is 0 Å². The van der Waals surface area contributed by atoms with Crippen molar-refractivity contribution in [1.82, 2.24) is 21.3 Å². The summed E-state index contributed by atoms with van der Waals surface area (Å²) in [5.74, 6) is 0. The first-order valence-corrected chi connectivity index (χ1v) is 4.77. The average molecular weight is 170 g/mol. The van der Waals surface area contributed by atoms with Crippen molar-refractivity contribution in [2.75, 3.05) is 13.1 Å². The van der Waals surface area contributed by atoms with Crippen molar-refractivity contribution in [2.24, 2.45) is 0 Å². The van der Waals surface area contributed by atoms with Crippen molar-refractivity contribution in [1.29, 1.82) is 0 Å². The van der Waals surface area contributed by atoms with Crippen LogP contribution in [0.5, 0.6) is 0 Å². The predicted octanol–water partition coefficient (Wildman–Crippen LogP) is -0.550. The number of piperidine rings is 1. The summed E-state index contributed by atoms with van der Waals surface area (Å²) < 4.78 is 0. The van der Waals surface area contributed by atoms with E-state index in [2.05, 4.69) is 35.1 Å².